The second kappa shape index (κ2) is 19.9. The number of nitrogens with zero attached hydrogens (tertiary/aromatic N) is 2. The number of benzene rings is 3. The van der Waals surface area contributed by atoms with Crippen molar-refractivity contribution < 1.29 is 32.3 Å². The number of thiophene rings is 2. The van der Waals surface area contributed by atoms with Crippen molar-refractivity contribution >= 4 is 75.1 Å². The van der Waals surface area contributed by atoms with Crippen LogP contribution in [0.5, 0.6) is 0 Å². The van der Waals surface area contributed by atoms with Crippen molar-refractivity contribution in [3.8, 4) is 16.2 Å². The van der Waals surface area contributed by atoms with Gasteiger partial charge in [0.2, 0.25) is 0 Å². The van der Waals surface area contributed by atoms with Gasteiger partial charge >= 0.3 is 307 Å². The number of carbonyl (C=O) groups excluding carboxylic acids is 2. The average molecular weight is 1070 g/mol. The standard InChI is InChI=1S/C55H51N2O3PS2.Os/c1-8-19-46-28-30-48(62-46)52-50-51(55(59)56(52)33-37(3)4)53(57(54(50)58)34-38(5)6)49-31-29-47(63-49)27-26-41(32-42-36-60-35-40(42)9-2)39(7)61(43-20-13-10-14-21-43,44-22-15-11-16-23-44)45-24-17-12-18-25-45;/h8-25,28-32,37-38H,33-36H2,1-6H3;/q+1;/b19-8+,40-9?,41-39?,42-32?;. The number of carbonyl (C=O) groups is 2. The number of hydrogen-bond donors (Lipinski definition) is 0. The Morgan fingerprint density at radius 1 is 0.703 bits per heavy atom. The molecule has 64 heavy (non-hydrogen) atoms. The zero-order valence-electron chi connectivity index (χ0n) is 37.0. The molecule has 5 nitrogen and oxygen atoms in total. The topological polar surface area (TPSA) is 49.9 Å². The Morgan fingerprint density at radius 2 is 1.20 bits per heavy atom. The van der Waals surface area contributed by atoms with Crippen molar-refractivity contribution in [2.75, 3.05) is 26.3 Å². The summed E-state index contributed by atoms with van der Waals surface area (Å²) in [5.74, 6) is 7.47. The monoisotopic (exact) mass is 1070 g/mol. The van der Waals surface area contributed by atoms with Gasteiger partial charge in [0.1, 0.15) is 0 Å². The van der Waals surface area contributed by atoms with Crippen LogP contribution in [0.3, 0.4) is 0 Å². The third-order valence-corrected chi connectivity index (χ3v) is 18.8. The molecule has 1 saturated heterocycles. The van der Waals surface area contributed by atoms with Crippen LogP contribution in [0.4, 0.5) is 0 Å². The molecule has 2 amide bonds. The van der Waals surface area contributed by atoms with Gasteiger partial charge in [0.05, 0.1) is 4.88 Å². The molecule has 5 aromatic rings. The van der Waals surface area contributed by atoms with Crippen molar-refractivity contribution in [2.45, 2.75) is 41.5 Å². The first-order valence-electron chi connectivity index (χ1n) is 21.7. The van der Waals surface area contributed by atoms with E-state index in [9.17, 15) is 9.59 Å². The first-order valence-corrected chi connectivity index (χ1v) is 26.4. The fraction of sp³-hybridized carbons (Fsp3) is 0.218. The summed E-state index contributed by atoms with van der Waals surface area (Å²) in [6, 6.07) is 40.6. The molecule has 0 aliphatic carbocycles. The van der Waals surface area contributed by atoms with E-state index in [-0.39, 0.29) is 23.7 Å². The van der Waals surface area contributed by atoms with Crippen LogP contribution in [0.2, 0.25) is 0 Å². The number of allylic oxidation sites excluding steroid dienone is 5. The van der Waals surface area contributed by atoms with E-state index in [2.05, 4.69) is 166 Å². The second-order valence-electron chi connectivity index (χ2n) is 16.7. The number of ether oxygens (including phenoxy) is 1. The summed E-state index contributed by atoms with van der Waals surface area (Å²) in [7, 11) is -2.57. The zero-order valence-corrected chi connectivity index (χ0v) is 42.1. The molecular formula is C55H51N2O3OsPS2+. The minimum atomic E-state index is -2.57. The Morgan fingerprint density at radius 3 is 1.69 bits per heavy atom. The Hall–Kier alpha value is -5.19. The van der Waals surface area contributed by atoms with Crippen LogP contribution in [0.25, 0.3) is 17.5 Å². The van der Waals surface area contributed by atoms with E-state index in [4.69, 9.17) is 4.74 Å². The summed E-state index contributed by atoms with van der Waals surface area (Å²) in [6.07, 6.45) is 8.42. The molecule has 0 spiro atoms. The van der Waals surface area contributed by atoms with Gasteiger partial charge < -0.3 is 0 Å². The first-order chi connectivity index (χ1) is 31.1. The molecule has 5 heterocycles. The van der Waals surface area contributed by atoms with Crippen LogP contribution >= 0.6 is 29.9 Å². The molecule has 8 rings (SSSR count). The summed E-state index contributed by atoms with van der Waals surface area (Å²) < 4.78 is 9.80. The molecule has 3 aliphatic rings. The number of fused-ring (bicyclic) bond motifs is 1. The van der Waals surface area contributed by atoms with Crippen LogP contribution in [0, 0.1) is 28.0 Å². The number of rotatable bonds is 12. The van der Waals surface area contributed by atoms with E-state index < -0.39 is 7.26 Å². The normalized spacial score (nSPS) is 17.1. The minimum absolute atomic E-state index is 0.117. The number of hydrogen-bond acceptors (Lipinski definition) is 5. The molecule has 323 valence electrons. The van der Waals surface area contributed by atoms with Gasteiger partial charge in [-0.1, -0.05) is 33.8 Å². The van der Waals surface area contributed by atoms with Crippen LogP contribution < -0.4 is 15.9 Å². The SMILES string of the molecule is CC=C1COCC1=CC(C#Cc1ccc(C2=C3C(=O)N(CC(C)C)C(c4ccc(/C=C/C)s4)=C3C(=O)N2CC(C)C)s1)=C([C]#[Os])[P+](c1ccccc1)(c1ccccc1)c1ccccc1. The van der Waals surface area contributed by atoms with E-state index in [1.54, 1.807) is 29.3 Å². The maximum absolute atomic E-state index is 14.8. The van der Waals surface area contributed by atoms with Crippen molar-refractivity contribution in [3.63, 3.8) is 0 Å². The molecule has 0 radical (unpaired) electrons. The molecule has 0 N–H and O–H groups in total. The molecule has 9 heteroatoms. The van der Waals surface area contributed by atoms with Gasteiger partial charge in [0, 0.05) is 11.4 Å². The van der Waals surface area contributed by atoms with Crippen LogP contribution in [0.1, 0.15) is 61.1 Å². The Labute approximate surface area is 396 Å². The van der Waals surface area contributed by atoms with Crippen LogP contribution in [-0.4, -0.2) is 47.9 Å². The van der Waals surface area contributed by atoms with Gasteiger partial charge in [-0.25, -0.2) is 0 Å². The molecule has 0 bridgehead atoms. The van der Waals surface area contributed by atoms with Gasteiger partial charge in [-0.15, -0.1) is 11.3 Å². The number of amides is 2. The van der Waals surface area contributed by atoms with E-state index in [1.807, 2.05) is 41.0 Å². The fourth-order valence-corrected chi connectivity index (χ4v) is 16.4. The quantitative estimate of drug-likeness (QED) is 0.0924. The van der Waals surface area contributed by atoms with E-state index in [0.717, 1.165) is 47.2 Å². The summed E-state index contributed by atoms with van der Waals surface area (Å²) in [4.78, 5) is 36.9. The van der Waals surface area contributed by atoms with E-state index in [1.165, 1.54) is 27.3 Å². The molecule has 3 aliphatic heterocycles. The average Bonchev–Trinajstić information content (AvgIpc) is 4.15. The van der Waals surface area contributed by atoms with Gasteiger partial charge in [-0.2, -0.15) is 0 Å². The van der Waals surface area contributed by atoms with Gasteiger partial charge in [-0.05, 0) is 31.1 Å². The van der Waals surface area contributed by atoms with Crippen molar-refractivity contribution in [1.82, 2.24) is 9.80 Å². The first kappa shape index (κ1) is 45.4. The molecule has 0 unspecified atom stereocenters. The third-order valence-electron chi connectivity index (χ3n) is 11.3. The Kier molecular flexibility index (Phi) is 14.1. The van der Waals surface area contributed by atoms with E-state index >= 15 is 0 Å². The van der Waals surface area contributed by atoms with Crippen LogP contribution in [0.15, 0.2) is 167 Å². The van der Waals surface area contributed by atoms with Gasteiger partial charge in [0.15, 0.2) is 0 Å². The van der Waals surface area contributed by atoms with Crippen LogP contribution in [-0.2, 0) is 32.3 Å². The predicted octanol–water partition coefficient (Wildman–Crippen LogP) is 11.0. The third kappa shape index (κ3) is 8.67. The zero-order chi connectivity index (χ0) is 45.0. The second-order valence-corrected chi connectivity index (χ2v) is 22.9. The molecule has 0 atom stereocenters. The predicted molar refractivity (Wildman–Crippen MR) is 266 cm³/mol. The Bertz CT molecular complexity index is 2800. The van der Waals surface area contributed by atoms with E-state index in [0.29, 0.717) is 43.1 Å². The maximum atomic E-state index is 14.8. The van der Waals surface area contributed by atoms with Crippen molar-refractivity contribution in [1.29, 1.82) is 0 Å². The summed E-state index contributed by atoms with van der Waals surface area (Å²) in [5, 5.41) is 4.70. The molecule has 1 fully saturated rings. The summed E-state index contributed by atoms with van der Waals surface area (Å²) >= 11 is 4.88. The molecule has 3 aromatic carbocycles. The van der Waals surface area contributed by atoms with Gasteiger partial charge in [0.25, 0.3) is 0 Å². The van der Waals surface area contributed by atoms with Crippen molar-refractivity contribution in [3.05, 3.63) is 186 Å². The van der Waals surface area contributed by atoms with Crippen molar-refractivity contribution in [2.24, 2.45) is 11.8 Å². The van der Waals surface area contributed by atoms with Gasteiger partial charge in [-0.3, -0.25) is 0 Å². The molecular weight excluding hydrogens is 1020 g/mol. The Balaban J connectivity index is 1.34. The summed E-state index contributed by atoms with van der Waals surface area (Å²) in [5.41, 5.74) is 5.55. The summed E-state index contributed by atoms with van der Waals surface area (Å²) in [6.45, 7) is 14.6. The molecule has 0 saturated carbocycles. The fourth-order valence-electron chi connectivity index (χ4n) is 8.66. The molecule has 2 aromatic heterocycles.